The van der Waals surface area contributed by atoms with Gasteiger partial charge in [-0.3, -0.25) is 0 Å². The van der Waals surface area contributed by atoms with E-state index in [-0.39, 0.29) is 14.3 Å². The molecule has 0 aliphatic rings. The van der Waals surface area contributed by atoms with Crippen molar-refractivity contribution in [2.24, 2.45) is 0 Å². The van der Waals surface area contributed by atoms with Crippen molar-refractivity contribution in [1.82, 2.24) is 0 Å². The van der Waals surface area contributed by atoms with Crippen LogP contribution in [0.25, 0.3) is 0 Å². The van der Waals surface area contributed by atoms with E-state index in [1.54, 1.807) is 0 Å². The van der Waals surface area contributed by atoms with E-state index >= 15 is 0 Å². The summed E-state index contributed by atoms with van der Waals surface area (Å²) >= 11 is -6.15. The van der Waals surface area contributed by atoms with E-state index in [0.29, 0.717) is 0 Å². The fourth-order valence-electron chi connectivity index (χ4n) is 0.343. The van der Waals surface area contributed by atoms with Gasteiger partial charge in [0.1, 0.15) is 0 Å². The van der Waals surface area contributed by atoms with E-state index < -0.39 is 32.8 Å². The average Bonchev–Trinajstić information content (AvgIpc) is 1.76. The molecule has 2 radical (unpaired) electrons. The molecule has 92 valence electrons. The summed E-state index contributed by atoms with van der Waals surface area (Å²) in [4.78, 5) is 0. The molecule has 0 aliphatic carbocycles. The molecule has 0 amide bonds. The second-order valence-corrected chi connectivity index (χ2v) is 16.1. The second kappa shape index (κ2) is 8.02. The van der Waals surface area contributed by atoms with Crippen LogP contribution in [-0.2, 0) is 0 Å². The normalized spacial score (nSPS) is 12.4. The van der Waals surface area contributed by atoms with Crippen molar-refractivity contribution in [3.8, 4) is 0 Å². The van der Waals surface area contributed by atoms with Crippen molar-refractivity contribution in [3.63, 3.8) is 0 Å². The van der Waals surface area contributed by atoms with Crippen LogP contribution in [0.2, 0.25) is 17.3 Å². The average molecular weight is 407 g/mol. The molecule has 0 saturated carbocycles. The fraction of sp³-hybridized carbons (Fsp3) is 1.00. The Bertz CT molecular complexity index is 147. The van der Waals surface area contributed by atoms with Gasteiger partial charge in [-0.1, -0.05) is 0 Å². The zero-order valence-electron chi connectivity index (χ0n) is 8.30. The Labute approximate surface area is 95.1 Å². The van der Waals surface area contributed by atoms with E-state index in [1.165, 1.54) is 0 Å². The van der Waals surface area contributed by atoms with Crippen molar-refractivity contribution < 1.29 is 30.7 Å². The molecule has 0 unspecified atom stereocenters. The Hall–Kier alpha value is 0.852. The maximum atomic E-state index is 11.3. The van der Waals surface area contributed by atoms with E-state index in [0.717, 1.165) is 0 Å². The van der Waals surface area contributed by atoms with Crippen LogP contribution in [0.4, 0.5) is 30.7 Å². The minimum absolute atomic E-state index is 0.333. The molecule has 0 saturated heterocycles. The summed E-state index contributed by atoms with van der Waals surface area (Å²) in [5.74, 6) is 7.00. The van der Waals surface area contributed by atoms with Crippen LogP contribution in [-0.4, -0.2) is 47.2 Å². The van der Waals surface area contributed by atoms with Crippen molar-refractivity contribution in [2.75, 3.05) is 0 Å². The van der Waals surface area contributed by atoms with Gasteiger partial charge < -0.3 is 0 Å². The monoisotopic (exact) mass is 410 g/mol. The van der Waals surface area contributed by atoms with Gasteiger partial charge >= 0.3 is 95.2 Å². The van der Waals surface area contributed by atoms with Gasteiger partial charge in [0.05, 0.1) is 0 Å². The summed E-state index contributed by atoms with van der Waals surface area (Å²) in [5.41, 5.74) is 0. The second-order valence-electron chi connectivity index (χ2n) is 3.05. The standard InChI is InChI=1S/C3H9Ge.CF3.2CHF2.Sn/c1-4(2)3;2-1(3)4;2*2-1-3;/h1-3H3;;2*1H;. The van der Waals surface area contributed by atoms with Gasteiger partial charge in [0.15, 0.2) is 0 Å². The summed E-state index contributed by atoms with van der Waals surface area (Å²) in [6, 6.07) is 0. The number of halogens is 7. The predicted octanol–water partition coefficient (Wildman–Crippen LogP) is 3.56. The first-order chi connectivity index (χ1) is 6.50. The van der Waals surface area contributed by atoms with Crippen LogP contribution in [0.15, 0.2) is 0 Å². The third-order valence-electron chi connectivity index (χ3n) is 0.798. The molecule has 0 aliphatic heterocycles. The van der Waals surface area contributed by atoms with Gasteiger partial charge in [0.25, 0.3) is 0 Å². The Kier molecular flexibility index (Phi) is 9.74. The molecule has 0 rings (SSSR count). The zero-order chi connectivity index (χ0) is 12.8. The topological polar surface area (TPSA) is 0 Å². The van der Waals surface area contributed by atoms with Crippen LogP contribution in [0, 0.1) is 0 Å². The number of rotatable bonds is 2. The Morgan fingerprint density at radius 3 is 1.07 bits per heavy atom. The molecule has 0 spiro atoms. The summed E-state index contributed by atoms with van der Waals surface area (Å²) in [6.45, 7) is 0. The number of alkyl halides is 7. The van der Waals surface area contributed by atoms with Crippen LogP contribution >= 0.6 is 0 Å². The number of hydrogen-bond acceptors (Lipinski definition) is 0. The molecule has 0 nitrogen and oxygen atoms in total. The Morgan fingerprint density at radius 1 is 0.867 bits per heavy atom. The third kappa shape index (κ3) is 11.1. The van der Waals surface area contributed by atoms with Gasteiger partial charge in [-0.15, -0.1) is 0 Å². The molecule has 15 heavy (non-hydrogen) atoms. The Morgan fingerprint density at radius 2 is 1.07 bits per heavy atom. The summed E-state index contributed by atoms with van der Waals surface area (Å²) < 4.78 is 66.3. The predicted molar refractivity (Wildman–Crippen MR) is 47.2 cm³/mol. The third-order valence-corrected chi connectivity index (χ3v) is 5.35. The molecule has 0 aromatic heterocycles. The number of hydrogen-bond donors (Lipinski definition) is 0. The van der Waals surface area contributed by atoms with Gasteiger partial charge in [0, 0.05) is 0 Å². The van der Waals surface area contributed by atoms with Crippen molar-refractivity contribution >= 4 is 34.1 Å². The molecule has 0 bridgehead atoms. The van der Waals surface area contributed by atoms with Crippen molar-refractivity contribution in [3.05, 3.63) is 0 Å². The van der Waals surface area contributed by atoms with Crippen LogP contribution in [0.3, 0.4) is 0 Å². The van der Waals surface area contributed by atoms with E-state index in [9.17, 15) is 30.7 Å². The first-order valence-electron chi connectivity index (χ1n) is 3.77. The summed E-state index contributed by atoms with van der Waals surface area (Å²) in [7, 11) is 0. The van der Waals surface area contributed by atoms with Gasteiger partial charge in [0.2, 0.25) is 0 Å². The molecule has 0 heterocycles. The molecule has 0 aromatic carbocycles. The molecular formula is C6H11F7GeSn. The van der Waals surface area contributed by atoms with Crippen molar-refractivity contribution in [1.29, 1.82) is 0 Å². The molecule has 0 aromatic rings. The van der Waals surface area contributed by atoms with E-state index in [4.69, 9.17) is 0 Å². The van der Waals surface area contributed by atoms with Gasteiger partial charge in [-0.2, -0.15) is 0 Å². The minimum atomic E-state index is -5.82. The SMILES string of the molecule is F[CH](F)[Sn]([CH](F)F)[C](F)(F)F.[CH3][Ge]([CH3])[CH3]. The molecule has 0 fully saturated rings. The van der Waals surface area contributed by atoms with Gasteiger partial charge in [-0.05, 0) is 0 Å². The molecule has 0 atom stereocenters. The van der Waals surface area contributed by atoms with Crippen LogP contribution in [0.5, 0.6) is 0 Å². The summed E-state index contributed by atoms with van der Waals surface area (Å²) in [6.07, 6.45) is 0. The van der Waals surface area contributed by atoms with E-state index in [2.05, 4.69) is 17.3 Å². The zero-order valence-corrected chi connectivity index (χ0v) is 13.3. The van der Waals surface area contributed by atoms with Crippen LogP contribution < -0.4 is 0 Å². The van der Waals surface area contributed by atoms with E-state index in [1.807, 2.05) is 0 Å². The maximum absolute atomic E-state index is 11.3. The van der Waals surface area contributed by atoms with Crippen molar-refractivity contribution in [2.45, 2.75) is 30.3 Å². The molecular weight excluding hydrogens is 396 g/mol. The Balaban J connectivity index is 0. The first-order valence-corrected chi connectivity index (χ1v) is 14.8. The summed E-state index contributed by atoms with van der Waals surface area (Å²) in [5, 5.41) is 0. The fourth-order valence-corrected chi connectivity index (χ4v) is 2.30. The molecule has 9 heteroatoms. The molecule has 0 N–H and O–H groups in total. The quantitative estimate of drug-likeness (QED) is 0.485. The first kappa shape index (κ1) is 18.2. The van der Waals surface area contributed by atoms with Gasteiger partial charge in [-0.25, -0.2) is 0 Å². The van der Waals surface area contributed by atoms with Crippen LogP contribution in [0.1, 0.15) is 0 Å².